The second kappa shape index (κ2) is 5.06. The third-order valence-electron chi connectivity index (χ3n) is 2.58. The molecule has 0 unspecified atom stereocenters. The maximum Gasteiger partial charge on any atom is -0.0132 e. The molecule has 0 nitrogen and oxygen atoms in total. The molecule has 0 fully saturated rings. The quantitative estimate of drug-likeness (QED) is 0.598. The normalized spacial score (nSPS) is 17.3. The molecule has 0 radical (unpaired) electrons. The molecular formula is C13H20. The lowest BCUT2D eigenvalue weighted by Crippen LogP contribution is -1.83. The van der Waals surface area contributed by atoms with Gasteiger partial charge in [-0.2, -0.15) is 0 Å². The molecule has 0 saturated heterocycles. The standard InChI is InChI=1S/C13H20/c1-4-7-12-9-6-8-11(3)13(5-2)10-12/h6,8,10H,4-5,7,9H2,1-3H3. The van der Waals surface area contributed by atoms with E-state index in [0.717, 1.165) is 12.8 Å². The number of hydrogen-bond acceptors (Lipinski definition) is 0. The zero-order valence-corrected chi connectivity index (χ0v) is 9.06. The number of hydrogen-bond donors (Lipinski definition) is 0. The Balaban J connectivity index is 2.85. The van der Waals surface area contributed by atoms with E-state index in [0.29, 0.717) is 0 Å². The minimum atomic E-state index is 1.15. The smallest absolute Gasteiger partial charge is 0.0132 e. The topological polar surface area (TPSA) is 0 Å². The summed E-state index contributed by atoms with van der Waals surface area (Å²) in [6, 6.07) is 0. The fourth-order valence-electron chi connectivity index (χ4n) is 1.79. The van der Waals surface area contributed by atoms with Crippen LogP contribution in [-0.4, -0.2) is 0 Å². The first kappa shape index (κ1) is 10.3. The number of allylic oxidation sites excluding steroid dienone is 6. The van der Waals surface area contributed by atoms with Gasteiger partial charge in [0, 0.05) is 0 Å². The van der Waals surface area contributed by atoms with Gasteiger partial charge in [0.25, 0.3) is 0 Å². The Morgan fingerprint density at radius 2 is 2.08 bits per heavy atom. The van der Waals surface area contributed by atoms with Crippen LogP contribution in [0.4, 0.5) is 0 Å². The predicted molar refractivity (Wildman–Crippen MR) is 59.7 cm³/mol. The summed E-state index contributed by atoms with van der Waals surface area (Å²) in [6.45, 7) is 6.69. The molecule has 1 aliphatic rings. The van der Waals surface area contributed by atoms with Crippen molar-refractivity contribution in [1.29, 1.82) is 0 Å². The first-order chi connectivity index (χ1) is 6.27. The van der Waals surface area contributed by atoms with Gasteiger partial charge in [0.05, 0.1) is 0 Å². The molecule has 0 heterocycles. The van der Waals surface area contributed by atoms with Gasteiger partial charge in [0.15, 0.2) is 0 Å². The fraction of sp³-hybridized carbons (Fsp3) is 0.538. The van der Waals surface area contributed by atoms with E-state index in [1.54, 1.807) is 5.57 Å². The molecule has 0 atom stereocenters. The van der Waals surface area contributed by atoms with Crippen molar-refractivity contribution < 1.29 is 0 Å². The van der Waals surface area contributed by atoms with Gasteiger partial charge in [0.1, 0.15) is 0 Å². The van der Waals surface area contributed by atoms with Crippen LogP contribution in [0.15, 0.2) is 34.9 Å². The highest BCUT2D eigenvalue weighted by Crippen LogP contribution is 2.22. The third kappa shape index (κ3) is 2.87. The first-order valence-corrected chi connectivity index (χ1v) is 5.33. The maximum absolute atomic E-state index is 2.40. The van der Waals surface area contributed by atoms with Crippen LogP contribution in [0.3, 0.4) is 0 Å². The Morgan fingerprint density at radius 3 is 2.69 bits per heavy atom. The van der Waals surface area contributed by atoms with Crippen molar-refractivity contribution in [3.8, 4) is 0 Å². The molecule has 0 aromatic rings. The largest absolute Gasteiger partial charge is 0.0802 e. The van der Waals surface area contributed by atoms with Crippen LogP contribution < -0.4 is 0 Å². The average molecular weight is 176 g/mol. The maximum atomic E-state index is 2.40. The van der Waals surface area contributed by atoms with Crippen LogP contribution in [0.5, 0.6) is 0 Å². The molecule has 0 aromatic heterocycles. The van der Waals surface area contributed by atoms with Gasteiger partial charge >= 0.3 is 0 Å². The fourth-order valence-corrected chi connectivity index (χ4v) is 1.79. The summed E-state index contributed by atoms with van der Waals surface area (Å²) >= 11 is 0. The van der Waals surface area contributed by atoms with E-state index in [-0.39, 0.29) is 0 Å². The van der Waals surface area contributed by atoms with Gasteiger partial charge in [-0.3, -0.25) is 0 Å². The molecule has 0 spiro atoms. The summed E-state index contributed by atoms with van der Waals surface area (Å²) in [5, 5.41) is 0. The summed E-state index contributed by atoms with van der Waals surface area (Å²) in [7, 11) is 0. The zero-order valence-electron chi connectivity index (χ0n) is 9.06. The third-order valence-corrected chi connectivity index (χ3v) is 2.58. The Kier molecular flexibility index (Phi) is 4.01. The molecule has 72 valence electrons. The number of rotatable bonds is 3. The van der Waals surface area contributed by atoms with Crippen LogP contribution in [0.2, 0.25) is 0 Å². The zero-order chi connectivity index (χ0) is 9.68. The van der Waals surface area contributed by atoms with Crippen molar-refractivity contribution in [3.63, 3.8) is 0 Å². The van der Waals surface area contributed by atoms with Crippen LogP contribution in [0.1, 0.15) is 46.5 Å². The molecule has 1 aliphatic carbocycles. The van der Waals surface area contributed by atoms with Gasteiger partial charge in [-0.05, 0) is 37.3 Å². The Bertz CT molecular complexity index is 251. The van der Waals surface area contributed by atoms with Crippen LogP contribution in [0, 0.1) is 0 Å². The minimum absolute atomic E-state index is 1.15. The van der Waals surface area contributed by atoms with Crippen LogP contribution in [0.25, 0.3) is 0 Å². The van der Waals surface area contributed by atoms with E-state index in [1.807, 2.05) is 0 Å². The van der Waals surface area contributed by atoms with Gasteiger partial charge in [-0.15, -0.1) is 0 Å². The molecule has 0 heteroatoms. The van der Waals surface area contributed by atoms with E-state index in [4.69, 9.17) is 0 Å². The van der Waals surface area contributed by atoms with Crippen LogP contribution >= 0.6 is 0 Å². The monoisotopic (exact) mass is 176 g/mol. The average Bonchev–Trinajstić information content (AvgIpc) is 2.29. The minimum Gasteiger partial charge on any atom is -0.0802 e. The van der Waals surface area contributed by atoms with Crippen molar-refractivity contribution in [2.45, 2.75) is 46.5 Å². The summed E-state index contributed by atoms with van der Waals surface area (Å²) in [5.41, 5.74) is 4.54. The Labute approximate surface area is 82.0 Å². The second-order valence-corrected chi connectivity index (χ2v) is 3.72. The molecule has 13 heavy (non-hydrogen) atoms. The molecule has 0 bridgehead atoms. The molecular weight excluding hydrogens is 156 g/mol. The van der Waals surface area contributed by atoms with Gasteiger partial charge < -0.3 is 0 Å². The highest BCUT2D eigenvalue weighted by atomic mass is 14.1. The van der Waals surface area contributed by atoms with Gasteiger partial charge in [-0.25, -0.2) is 0 Å². The SMILES string of the molecule is CCCC1=CC(CC)=C(C)C=CC1. The summed E-state index contributed by atoms with van der Waals surface area (Å²) < 4.78 is 0. The predicted octanol–water partition coefficient (Wildman–Crippen LogP) is 4.40. The summed E-state index contributed by atoms with van der Waals surface area (Å²) in [4.78, 5) is 0. The van der Waals surface area contributed by atoms with E-state index in [2.05, 4.69) is 39.0 Å². The van der Waals surface area contributed by atoms with Gasteiger partial charge in [-0.1, -0.05) is 44.1 Å². The van der Waals surface area contributed by atoms with Crippen molar-refractivity contribution >= 4 is 0 Å². The summed E-state index contributed by atoms with van der Waals surface area (Å²) in [6.07, 6.45) is 11.8. The van der Waals surface area contributed by atoms with E-state index in [1.165, 1.54) is 24.0 Å². The molecule has 0 N–H and O–H groups in total. The van der Waals surface area contributed by atoms with Crippen LogP contribution in [-0.2, 0) is 0 Å². The highest BCUT2D eigenvalue weighted by Gasteiger charge is 2.02. The summed E-state index contributed by atoms with van der Waals surface area (Å²) in [5.74, 6) is 0. The molecule has 0 aromatic carbocycles. The van der Waals surface area contributed by atoms with E-state index < -0.39 is 0 Å². The van der Waals surface area contributed by atoms with Crippen molar-refractivity contribution in [1.82, 2.24) is 0 Å². The van der Waals surface area contributed by atoms with Gasteiger partial charge in [0.2, 0.25) is 0 Å². The lowest BCUT2D eigenvalue weighted by atomic mass is 10.0. The van der Waals surface area contributed by atoms with E-state index >= 15 is 0 Å². The first-order valence-electron chi connectivity index (χ1n) is 5.33. The molecule has 0 amide bonds. The molecule has 0 saturated carbocycles. The second-order valence-electron chi connectivity index (χ2n) is 3.72. The van der Waals surface area contributed by atoms with Crippen molar-refractivity contribution in [2.75, 3.05) is 0 Å². The van der Waals surface area contributed by atoms with Crippen molar-refractivity contribution in [3.05, 3.63) is 34.9 Å². The Morgan fingerprint density at radius 1 is 1.31 bits per heavy atom. The van der Waals surface area contributed by atoms with Crippen molar-refractivity contribution in [2.24, 2.45) is 0 Å². The molecule has 1 rings (SSSR count). The Hall–Kier alpha value is -0.780. The lowest BCUT2D eigenvalue weighted by Gasteiger charge is -2.03. The lowest BCUT2D eigenvalue weighted by molar-refractivity contribution is 0.877. The van der Waals surface area contributed by atoms with E-state index in [9.17, 15) is 0 Å². The molecule has 0 aliphatic heterocycles. The highest BCUT2D eigenvalue weighted by molar-refractivity contribution is 5.37.